The molecule has 4 rings (SSSR count). The smallest absolute Gasteiger partial charge is 0.332 e. The fraction of sp³-hybridized carbons (Fsp3) is 0.160. The van der Waals surface area contributed by atoms with Crippen LogP contribution in [0.5, 0.6) is 0 Å². The second-order valence-electron chi connectivity index (χ2n) is 7.77. The SMILES string of the molecule is CC(c1nc2ccccc2c(=O)n1-c1ccc(F)cc1)N(C)C(=O)c1cccc(C(F)(F)F)c1. The maximum Gasteiger partial charge on any atom is 0.416 e. The number of hydrogen-bond acceptors (Lipinski definition) is 3. The molecule has 1 atom stereocenters. The van der Waals surface area contributed by atoms with Gasteiger partial charge in [-0.3, -0.25) is 14.2 Å². The zero-order valence-electron chi connectivity index (χ0n) is 18.2. The van der Waals surface area contributed by atoms with Crippen LogP contribution in [0.3, 0.4) is 0 Å². The summed E-state index contributed by atoms with van der Waals surface area (Å²) in [6.07, 6.45) is -4.59. The molecule has 174 valence electrons. The van der Waals surface area contributed by atoms with Gasteiger partial charge in [0.05, 0.1) is 28.2 Å². The van der Waals surface area contributed by atoms with Crippen LogP contribution < -0.4 is 5.56 Å². The van der Waals surface area contributed by atoms with Crippen LogP contribution in [-0.4, -0.2) is 27.4 Å². The van der Waals surface area contributed by atoms with Crippen molar-refractivity contribution in [2.24, 2.45) is 0 Å². The number of carbonyl (C=O) groups is 1. The van der Waals surface area contributed by atoms with Crippen molar-refractivity contribution in [1.82, 2.24) is 14.5 Å². The van der Waals surface area contributed by atoms with Crippen LogP contribution in [0.4, 0.5) is 17.6 Å². The lowest BCUT2D eigenvalue weighted by atomic mass is 10.1. The van der Waals surface area contributed by atoms with Crippen LogP contribution in [0, 0.1) is 5.82 Å². The Morgan fingerprint density at radius 3 is 2.35 bits per heavy atom. The van der Waals surface area contributed by atoms with Crippen LogP contribution in [0.1, 0.15) is 34.7 Å². The Kier molecular flexibility index (Phi) is 5.95. The molecular formula is C25H19F4N3O2. The highest BCUT2D eigenvalue weighted by molar-refractivity contribution is 5.94. The van der Waals surface area contributed by atoms with Gasteiger partial charge in [0.1, 0.15) is 11.6 Å². The van der Waals surface area contributed by atoms with Crippen LogP contribution in [0.2, 0.25) is 0 Å². The van der Waals surface area contributed by atoms with E-state index in [0.29, 0.717) is 16.6 Å². The number of halogens is 4. The van der Waals surface area contributed by atoms with Crippen LogP contribution >= 0.6 is 0 Å². The van der Waals surface area contributed by atoms with Crippen molar-refractivity contribution in [3.8, 4) is 5.69 Å². The zero-order valence-corrected chi connectivity index (χ0v) is 18.2. The van der Waals surface area contributed by atoms with Crippen molar-refractivity contribution >= 4 is 16.8 Å². The minimum atomic E-state index is -4.59. The number of benzene rings is 3. The molecule has 0 bridgehead atoms. The second-order valence-corrected chi connectivity index (χ2v) is 7.77. The number of amides is 1. The summed E-state index contributed by atoms with van der Waals surface area (Å²) < 4.78 is 54.2. The fourth-order valence-electron chi connectivity index (χ4n) is 3.65. The van der Waals surface area contributed by atoms with E-state index in [1.54, 1.807) is 31.2 Å². The maximum absolute atomic E-state index is 13.5. The summed E-state index contributed by atoms with van der Waals surface area (Å²) in [5.41, 5.74) is -0.773. The van der Waals surface area contributed by atoms with Crippen LogP contribution in [0.15, 0.2) is 77.6 Å². The van der Waals surface area contributed by atoms with E-state index in [1.165, 1.54) is 46.8 Å². The molecule has 4 aromatic rings. The average molecular weight is 469 g/mol. The van der Waals surface area contributed by atoms with Gasteiger partial charge >= 0.3 is 6.18 Å². The van der Waals surface area contributed by atoms with Crippen molar-refractivity contribution in [2.45, 2.75) is 19.1 Å². The van der Waals surface area contributed by atoms with Gasteiger partial charge < -0.3 is 4.90 Å². The molecule has 1 unspecified atom stereocenters. The van der Waals surface area contributed by atoms with E-state index in [4.69, 9.17) is 0 Å². The van der Waals surface area contributed by atoms with Gasteiger partial charge in [0, 0.05) is 12.6 Å². The number of carbonyl (C=O) groups excluding carboxylic acids is 1. The second kappa shape index (κ2) is 8.74. The average Bonchev–Trinajstić information content (AvgIpc) is 2.83. The molecule has 0 aliphatic carbocycles. The summed E-state index contributed by atoms with van der Waals surface area (Å²) in [4.78, 5) is 32.2. The minimum Gasteiger partial charge on any atom is -0.332 e. The molecule has 5 nitrogen and oxygen atoms in total. The number of fused-ring (bicyclic) bond motifs is 1. The molecule has 34 heavy (non-hydrogen) atoms. The first-order valence-electron chi connectivity index (χ1n) is 10.3. The molecule has 0 N–H and O–H groups in total. The Hall–Kier alpha value is -4.01. The van der Waals surface area contributed by atoms with Gasteiger partial charge in [-0.2, -0.15) is 13.2 Å². The number of alkyl halides is 3. The highest BCUT2D eigenvalue weighted by Gasteiger charge is 2.32. The third-order valence-corrected chi connectivity index (χ3v) is 5.60. The molecule has 0 saturated heterocycles. The topological polar surface area (TPSA) is 55.2 Å². The Morgan fingerprint density at radius 1 is 1.00 bits per heavy atom. The van der Waals surface area contributed by atoms with Crippen molar-refractivity contribution in [1.29, 1.82) is 0 Å². The number of nitrogens with zero attached hydrogens (tertiary/aromatic N) is 3. The lowest BCUT2D eigenvalue weighted by Gasteiger charge is -2.27. The lowest BCUT2D eigenvalue weighted by molar-refractivity contribution is -0.137. The van der Waals surface area contributed by atoms with Crippen molar-refractivity contribution in [3.05, 3.63) is 106 Å². The number of para-hydroxylation sites is 1. The maximum atomic E-state index is 13.5. The van der Waals surface area contributed by atoms with Crippen molar-refractivity contribution < 1.29 is 22.4 Å². The summed E-state index contributed by atoms with van der Waals surface area (Å²) >= 11 is 0. The molecule has 0 radical (unpaired) electrons. The first kappa shape index (κ1) is 23.2. The predicted molar refractivity (Wildman–Crippen MR) is 119 cm³/mol. The van der Waals surface area contributed by atoms with E-state index in [2.05, 4.69) is 4.98 Å². The van der Waals surface area contributed by atoms with Gasteiger partial charge in [-0.1, -0.05) is 18.2 Å². The summed E-state index contributed by atoms with van der Waals surface area (Å²) in [5, 5.41) is 0.328. The van der Waals surface area contributed by atoms with Gasteiger partial charge in [-0.15, -0.1) is 0 Å². The van der Waals surface area contributed by atoms with E-state index < -0.39 is 35.1 Å². The Bertz CT molecular complexity index is 1430. The standard InChI is InChI=1S/C25H19F4N3O2/c1-15(31(2)23(33)16-6-5-7-17(14-16)25(27,28)29)22-30-21-9-4-3-8-20(21)24(34)32(22)19-12-10-18(26)11-13-19/h3-15H,1-2H3. The third-order valence-electron chi connectivity index (χ3n) is 5.60. The van der Waals surface area contributed by atoms with Crippen molar-refractivity contribution in [2.75, 3.05) is 7.05 Å². The summed E-state index contributed by atoms with van der Waals surface area (Å²) in [6, 6.07) is 15.2. The van der Waals surface area contributed by atoms with Gasteiger partial charge in [0.15, 0.2) is 0 Å². The number of aromatic nitrogens is 2. The van der Waals surface area contributed by atoms with Crippen molar-refractivity contribution in [3.63, 3.8) is 0 Å². The van der Waals surface area contributed by atoms with Gasteiger partial charge in [0.2, 0.25) is 0 Å². The van der Waals surface area contributed by atoms with Gasteiger partial charge in [-0.05, 0) is 61.5 Å². The van der Waals surface area contributed by atoms with E-state index in [-0.39, 0.29) is 11.4 Å². The molecule has 1 aromatic heterocycles. The predicted octanol–water partition coefficient (Wildman–Crippen LogP) is 5.38. The summed E-state index contributed by atoms with van der Waals surface area (Å²) in [7, 11) is 1.42. The first-order valence-corrected chi connectivity index (χ1v) is 10.3. The number of rotatable bonds is 4. The highest BCUT2D eigenvalue weighted by Crippen LogP contribution is 2.30. The zero-order chi connectivity index (χ0) is 24.6. The molecule has 1 heterocycles. The van der Waals surface area contributed by atoms with Crippen LogP contribution in [0.25, 0.3) is 16.6 Å². The quantitative estimate of drug-likeness (QED) is 0.378. The molecule has 0 spiro atoms. The molecule has 0 aliphatic rings. The molecule has 0 saturated carbocycles. The molecular weight excluding hydrogens is 450 g/mol. The van der Waals surface area contributed by atoms with E-state index >= 15 is 0 Å². The van der Waals surface area contributed by atoms with E-state index in [0.717, 1.165) is 18.2 Å². The Balaban J connectivity index is 1.82. The molecule has 9 heteroatoms. The normalized spacial score (nSPS) is 12.5. The first-order chi connectivity index (χ1) is 16.1. The Morgan fingerprint density at radius 2 is 1.68 bits per heavy atom. The fourth-order valence-corrected chi connectivity index (χ4v) is 3.65. The molecule has 0 aliphatic heterocycles. The highest BCUT2D eigenvalue weighted by atomic mass is 19.4. The van der Waals surface area contributed by atoms with Gasteiger partial charge in [-0.25, -0.2) is 9.37 Å². The van der Waals surface area contributed by atoms with Gasteiger partial charge in [0.25, 0.3) is 11.5 Å². The Labute approximate surface area is 191 Å². The van der Waals surface area contributed by atoms with Crippen LogP contribution in [-0.2, 0) is 6.18 Å². The van der Waals surface area contributed by atoms with E-state index in [9.17, 15) is 27.2 Å². The largest absolute Gasteiger partial charge is 0.416 e. The molecule has 1 amide bonds. The van der Waals surface area contributed by atoms with E-state index in [1.807, 2.05) is 0 Å². The monoisotopic (exact) mass is 469 g/mol. The minimum absolute atomic E-state index is 0.152. The summed E-state index contributed by atoms with van der Waals surface area (Å²) in [6.45, 7) is 1.61. The molecule has 0 fully saturated rings. The summed E-state index contributed by atoms with van der Waals surface area (Å²) in [5.74, 6) is -0.984. The molecule has 3 aromatic carbocycles. The lowest BCUT2D eigenvalue weighted by Crippen LogP contribution is -2.35. The third kappa shape index (κ3) is 4.28. The number of hydrogen-bond donors (Lipinski definition) is 0.